The minimum absolute atomic E-state index is 0.0375. The molecule has 4 saturated carbocycles. The second-order valence-corrected chi connectivity index (χ2v) is 20.8. The molecule has 2 heterocycles. The zero-order valence-electron chi connectivity index (χ0n) is 39.6. The fourth-order valence-electron chi connectivity index (χ4n) is 11.5. The Bertz CT molecular complexity index is 2480. The molecular formula is C58H60N6O6. The molecule has 70 heavy (non-hydrogen) atoms. The number of hydrogen-bond donors (Lipinski definition) is 4. The Morgan fingerprint density at radius 2 is 0.600 bits per heavy atom. The highest BCUT2D eigenvalue weighted by Crippen LogP contribution is 2.45. The molecule has 0 bridgehead atoms. The Balaban J connectivity index is 0.784. The van der Waals surface area contributed by atoms with E-state index < -0.39 is 23.7 Å². The summed E-state index contributed by atoms with van der Waals surface area (Å²) in [7, 11) is 0. The second-order valence-electron chi connectivity index (χ2n) is 20.8. The molecular weight excluding hydrogens is 877 g/mol. The van der Waals surface area contributed by atoms with Crippen LogP contribution < -0.4 is 21.3 Å². The number of rotatable bonds is 14. The fourth-order valence-corrected chi connectivity index (χ4v) is 11.5. The van der Waals surface area contributed by atoms with E-state index in [9.17, 15) is 28.8 Å². The minimum Gasteiger partial charge on any atom is -0.352 e. The first kappa shape index (κ1) is 45.4. The number of carbonyl (C=O) groups excluding carboxylic acids is 6. The third-order valence-corrected chi connectivity index (χ3v) is 16.0. The van der Waals surface area contributed by atoms with Gasteiger partial charge >= 0.3 is 0 Å². The molecule has 12 nitrogen and oxygen atoms in total. The van der Waals surface area contributed by atoms with Gasteiger partial charge in [0, 0.05) is 85.1 Å². The van der Waals surface area contributed by atoms with Gasteiger partial charge in [0.15, 0.2) is 0 Å². The Labute approximate surface area is 409 Å². The second kappa shape index (κ2) is 18.7. The predicted octanol–water partition coefficient (Wildman–Crippen LogP) is 6.37. The van der Waals surface area contributed by atoms with E-state index in [1.54, 1.807) is 35.8 Å². The molecule has 358 valence electrons. The van der Waals surface area contributed by atoms with Crippen molar-refractivity contribution in [2.75, 3.05) is 26.2 Å². The number of amides is 6. The van der Waals surface area contributed by atoms with Gasteiger partial charge in [0.2, 0.25) is 23.6 Å². The van der Waals surface area contributed by atoms with E-state index in [0.717, 1.165) is 47.9 Å². The van der Waals surface area contributed by atoms with Gasteiger partial charge in [0.05, 0.1) is 23.7 Å². The van der Waals surface area contributed by atoms with Gasteiger partial charge in [-0.2, -0.15) is 0 Å². The van der Waals surface area contributed by atoms with Gasteiger partial charge in [-0.05, 0) is 85.0 Å². The number of likely N-dealkylation sites (tertiary alicyclic amines) is 2. The quantitative estimate of drug-likeness (QED) is 0.102. The molecule has 4 aliphatic carbocycles. The van der Waals surface area contributed by atoms with Crippen LogP contribution in [0.4, 0.5) is 0 Å². The number of hydrogen-bond acceptors (Lipinski definition) is 6. The molecule has 4 N–H and O–H groups in total. The van der Waals surface area contributed by atoms with Gasteiger partial charge in [-0.15, -0.1) is 0 Å². The van der Waals surface area contributed by atoms with Crippen molar-refractivity contribution in [3.8, 4) is 0 Å². The molecule has 6 amide bonds. The summed E-state index contributed by atoms with van der Waals surface area (Å²) in [6.07, 6.45) is 3.26. The van der Waals surface area contributed by atoms with Crippen molar-refractivity contribution < 1.29 is 28.8 Å². The van der Waals surface area contributed by atoms with Crippen LogP contribution >= 0.6 is 0 Å². The summed E-state index contributed by atoms with van der Waals surface area (Å²) in [6.45, 7) is 3.90. The van der Waals surface area contributed by atoms with E-state index in [2.05, 4.69) is 69.8 Å². The highest BCUT2D eigenvalue weighted by Gasteiger charge is 2.51. The Morgan fingerprint density at radius 1 is 0.371 bits per heavy atom. The van der Waals surface area contributed by atoms with E-state index in [0.29, 0.717) is 22.3 Å². The maximum Gasteiger partial charge on any atom is 0.254 e. The van der Waals surface area contributed by atoms with Gasteiger partial charge in [0.25, 0.3) is 11.8 Å². The van der Waals surface area contributed by atoms with Crippen molar-refractivity contribution in [2.24, 2.45) is 23.7 Å². The summed E-state index contributed by atoms with van der Waals surface area (Å²) in [5.74, 6) is -3.67. The third-order valence-electron chi connectivity index (χ3n) is 16.0. The number of nitrogens with zero attached hydrogens (tertiary/aromatic N) is 2. The maximum atomic E-state index is 14.6. The molecule has 12 heteroatoms. The maximum absolute atomic E-state index is 14.6. The summed E-state index contributed by atoms with van der Waals surface area (Å²) in [5, 5.41) is 12.8. The van der Waals surface area contributed by atoms with Crippen LogP contribution in [0.15, 0.2) is 133 Å². The zero-order chi connectivity index (χ0) is 48.2. The van der Waals surface area contributed by atoms with Crippen LogP contribution in [0.1, 0.15) is 103 Å². The van der Waals surface area contributed by atoms with Crippen LogP contribution in [0.2, 0.25) is 0 Å². The number of benzene rings is 5. The third kappa shape index (κ3) is 9.35. The number of carbonyl (C=O) groups is 6. The molecule has 0 radical (unpaired) electrons. The van der Waals surface area contributed by atoms with Crippen LogP contribution in [0, 0.1) is 37.5 Å². The molecule has 0 spiro atoms. The van der Waals surface area contributed by atoms with Crippen molar-refractivity contribution in [1.29, 1.82) is 0 Å². The van der Waals surface area contributed by atoms with Crippen LogP contribution in [0.5, 0.6) is 0 Å². The highest BCUT2D eigenvalue weighted by atomic mass is 16.2. The zero-order valence-corrected chi connectivity index (χ0v) is 39.6. The van der Waals surface area contributed by atoms with Crippen LogP contribution in [0.3, 0.4) is 0 Å². The lowest BCUT2D eigenvalue weighted by Crippen LogP contribution is -2.43. The Hall–Kier alpha value is -7.08. The minimum atomic E-state index is -0.740. The first-order valence-electron chi connectivity index (χ1n) is 25.1. The topological polar surface area (TPSA) is 157 Å². The fraction of sp³-hybridized carbons (Fsp3) is 0.379. The van der Waals surface area contributed by atoms with Crippen LogP contribution in [0.25, 0.3) is 0 Å². The highest BCUT2D eigenvalue weighted by molar-refractivity contribution is 6.02. The summed E-state index contributed by atoms with van der Waals surface area (Å²) < 4.78 is 0. The normalized spacial score (nSPS) is 29.1. The van der Waals surface area contributed by atoms with Crippen molar-refractivity contribution in [3.63, 3.8) is 0 Å². The average Bonchev–Trinajstić information content (AvgIpc) is 4.32. The molecule has 0 aromatic heterocycles. The van der Waals surface area contributed by atoms with E-state index >= 15 is 0 Å². The van der Waals surface area contributed by atoms with Crippen molar-refractivity contribution >= 4 is 35.4 Å². The summed E-state index contributed by atoms with van der Waals surface area (Å²) in [6, 6.07) is 43.6. The lowest BCUT2D eigenvalue weighted by molar-refractivity contribution is -0.133. The molecule has 11 rings (SSSR count). The molecule has 5 aromatic carbocycles. The largest absolute Gasteiger partial charge is 0.352 e. The standard InChI is InChI=1S/C58H60N6O6/c1-33-23-40(58(70)64-31-47(55(67)61-51-27-43(51)37-19-11-5-12-20-37)48(32-64)56(68)62-52-28-44(52)38-21-13-6-14-22-38)34(2)24-39(33)57(69)63-29-45(53(65)59-49-25-41(49)35-15-7-3-8-16-35)46(30-63)54(66)60-50-26-42(50)36-17-9-4-10-18-36/h3-24,41-52H,25-32H2,1-2H3,(H,59,65)(H,60,66)(H,61,67)(H,62,68)/t41-,42-,43-,44-,45-,46-,47-,48-,49+,50+,51+,52+/m1/s1. The Kier molecular flexibility index (Phi) is 12.1. The number of aryl methyl sites for hydroxylation is 2. The lowest BCUT2D eigenvalue weighted by Gasteiger charge is -2.21. The van der Waals surface area contributed by atoms with Crippen molar-refractivity contribution in [2.45, 2.75) is 87.4 Å². The van der Waals surface area contributed by atoms with Crippen molar-refractivity contribution in [1.82, 2.24) is 31.1 Å². The molecule has 2 aliphatic heterocycles. The summed E-state index contributed by atoms with van der Waals surface area (Å²) in [5.41, 5.74) is 6.57. The van der Waals surface area contributed by atoms with Gasteiger partial charge in [-0.1, -0.05) is 121 Å². The SMILES string of the molecule is Cc1cc(C(=O)N2C[C@@H](C(=O)N[C@H]3C[C@@H]3c3ccccc3)[C@H](C(=O)N[C@H]3C[C@@H]3c3ccccc3)C2)c(C)cc1C(=O)N1C[C@@H](C(=O)N[C@H]2C[C@@H]2c2ccccc2)[C@H](C(=O)N[C@H]2C[C@@H]2c2ccccc2)C1. The molecule has 6 fully saturated rings. The first-order valence-corrected chi connectivity index (χ1v) is 25.1. The lowest BCUT2D eigenvalue weighted by atomic mass is 9.94. The first-order chi connectivity index (χ1) is 34.0. The van der Waals surface area contributed by atoms with Gasteiger partial charge in [-0.25, -0.2) is 0 Å². The molecule has 12 atom stereocenters. The van der Waals surface area contributed by atoms with Gasteiger partial charge in [0.1, 0.15) is 0 Å². The number of nitrogens with one attached hydrogen (secondary N) is 4. The van der Waals surface area contributed by atoms with E-state index in [4.69, 9.17) is 0 Å². The Morgan fingerprint density at radius 3 is 0.829 bits per heavy atom. The summed E-state index contributed by atoms with van der Waals surface area (Å²) in [4.78, 5) is 88.8. The predicted molar refractivity (Wildman–Crippen MR) is 265 cm³/mol. The molecule has 2 saturated heterocycles. The summed E-state index contributed by atoms with van der Waals surface area (Å²) >= 11 is 0. The smallest absolute Gasteiger partial charge is 0.254 e. The van der Waals surface area contributed by atoms with Crippen molar-refractivity contribution in [3.05, 3.63) is 178 Å². The average molecular weight is 937 g/mol. The van der Waals surface area contributed by atoms with E-state index in [1.165, 1.54) is 0 Å². The molecule has 6 aliphatic rings. The van der Waals surface area contributed by atoms with Gasteiger partial charge < -0.3 is 31.1 Å². The van der Waals surface area contributed by atoms with E-state index in [-0.39, 0.29) is 109 Å². The monoisotopic (exact) mass is 936 g/mol. The molecule has 0 unspecified atom stereocenters. The molecule has 5 aromatic rings. The van der Waals surface area contributed by atoms with Gasteiger partial charge in [-0.3, -0.25) is 28.8 Å². The van der Waals surface area contributed by atoms with E-state index in [1.807, 2.05) is 72.8 Å². The van der Waals surface area contributed by atoms with Crippen LogP contribution in [-0.4, -0.2) is 95.6 Å². The van der Waals surface area contributed by atoms with Crippen LogP contribution in [-0.2, 0) is 19.2 Å².